The van der Waals surface area contributed by atoms with Crippen LogP contribution in [0.25, 0.3) is 0 Å². The number of carbonyl (C=O) groups is 1. The number of urea groups is 1. The molecule has 1 aliphatic rings. The average molecular weight is 314 g/mol. The average Bonchev–Trinajstić information content (AvgIpc) is 3.04. The molecular weight excluding hydrogens is 292 g/mol. The Labute approximate surface area is 136 Å². The predicted molar refractivity (Wildman–Crippen MR) is 88.3 cm³/mol. The van der Waals surface area contributed by atoms with Crippen molar-refractivity contribution in [3.05, 3.63) is 48.2 Å². The number of nitrogens with one attached hydrogen (secondary N) is 1. The fraction of sp³-hybridized carbons (Fsp3) is 0.412. The number of benzene rings is 1. The Hall–Kier alpha value is -2.34. The Kier molecular flexibility index (Phi) is 4.62. The van der Waals surface area contributed by atoms with Crippen molar-refractivity contribution in [1.29, 1.82) is 0 Å². The zero-order valence-corrected chi connectivity index (χ0v) is 13.5. The molecule has 1 N–H and O–H groups in total. The van der Waals surface area contributed by atoms with E-state index in [0.29, 0.717) is 25.5 Å². The molecule has 1 aromatic heterocycles. The van der Waals surface area contributed by atoms with E-state index >= 15 is 0 Å². The molecule has 1 atom stereocenters. The molecule has 0 saturated carbocycles. The number of carbonyl (C=O) groups excluding carboxylic acids is 1. The zero-order chi connectivity index (χ0) is 16.2. The largest absolute Gasteiger partial charge is 0.370 e. The highest BCUT2D eigenvalue weighted by Crippen LogP contribution is 2.22. The van der Waals surface area contributed by atoms with Crippen molar-refractivity contribution in [1.82, 2.24) is 14.7 Å². The first-order valence-corrected chi connectivity index (χ1v) is 7.91. The van der Waals surface area contributed by atoms with E-state index in [4.69, 9.17) is 4.74 Å². The molecular formula is C17H22N4O2. The number of rotatable bonds is 3. The number of hydrogen-bond acceptors (Lipinski definition) is 3. The maximum atomic E-state index is 12.4. The van der Waals surface area contributed by atoms with Crippen LogP contribution in [-0.2, 0) is 4.74 Å². The monoisotopic (exact) mass is 314 g/mol. The molecule has 2 heterocycles. The van der Waals surface area contributed by atoms with E-state index in [1.807, 2.05) is 61.1 Å². The van der Waals surface area contributed by atoms with Gasteiger partial charge in [0.2, 0.25) is 0 Å². The van der Waals surface area contributed by atoms with Gasteiger partial charge in [-0.1, -0.05) is 30.3 Å². The molecule has 1 aliphatic heterocycles. The third-order valence-electron chi connectivity index (χ3n) is 3.90. The van der Waals surface area contributed by atoms with Crippen LogP contribution in [0, 0.1) is 0 Å². The summed E-state index contributed by atoms with van der Waals surface area (Å²) in [5.41, 5.74) is 1.09. The van der Waals surface area contributed by atoms with Crippen molar-refractivity contribution in [2.24, 2.45) is 0 Å². The van der Waals surface area contributed by atoms with Crippen LogP contribution in [0.3, 0.4) is 0 Å². The van der Waals surface area contributed by atoms with Crippen LogP contribution in [0.15, 0.2) is 42.6 Å². The highest BCUT2D eigenvalue weighted by atomic mass is 16.5. The van der Waals surface area contributed by atoms with Crippen molar-refractivity contribution < 1.29 is 9.53 Å². The smallest absolute Gasteiger partial charge is 0.323 e. The van der Waals surface area contributed by atoms with Crippen LogP contribution in [0.5, 0.6) is 0 Å². The molecule has 6 heteroatoms. The molecule has 6 nitrogen and oxygen atoms in total. The minimum absolute atomic E-state index is 0.0797. The van der Waals surface area contributed by atoms with Crippen LogP contribution in [0.4, 0.5) is 10.6 Å². The lowest BCUT2D eigenvalue weighted by Crippen LogP contribution is -2.44. The van der Waals surface area contributed by atoms with E-state index in [1.165, 1.54) is 0 Å². The van der Waals surface area contributed by atoms with E-state index in [-0.39, 0.29) is 18.2 Å². The topological polar surface area (TPSA) is 59.4 Å². The van der Waals surface area contributed by atoms with E-state index in [0.717, 1.165) is 5.56 Å². The SMILES string of the molecule is CC(C)n1ccc(NC(=O)N2CCOC(c3ccccc3)C2)n1. The summed E-state index contributed by atoms with van der Waals surface area (Å²) in [6.45, 7) is 5.75. The molecule has 23 heavy (non-hydrogen) atoms. The molecule has 1 fully saturated rings. The molecule has 1 unspecified atom stereocenters. The lowest BCUT2D eigenvalue weighted by molar-refractivity contribution is -0.0135. The van der Waals surface area contributed by atoms with Crippen LogP contribution >= 0.6 is 0 Å². The molecule has 0 spiro atoms. The second-order valence-corrected chi connectivity index (χ2v) is 5.92. The summed E-state index contributed by atoms with van der Waals surface area (Å²) in [6, 6.07) is 11.9. The highest BCUT2D eigenvalue weighted by molar-refractivity contribution is 5.88. The van der Waals surface area contributed by atoms with Gasteiger partial charge in [-0.3, -0.25) is 10.00 Å². The standard InChI is InChI=1S/C17H22N4O2/c1-13(2)21-9-8-16(19-21)18-17(22)20-10-11-23-15(12-20)14-6-4-3-5-7-14/h3-9,13,15H,10-12H2,1-2H3,(H,18,19,22). The molecule has 2 aromatic rings. The lowest BCUT2D eigenvalue weighted by Gasteiger charge is -2.33. The van der Waals surface area contributed by atoms with Crippen LogP contribution in [0.2, 0.25) is 0 Å². The van der Waals surface area contributed by atoms with Crippen molar-refractivity contribution in [3.8, 4) is 0 Å². The fourth-order valence-corrected chi connectivity index (χ4v) is 2.58. The Morgan fingerprint density at radius 2 is 2.09 bits per heavy atom. The first-order chi connectivity index (χ1) is 11.1. The fourth-order valence-electron chi connectivity index (χ4n) is 2.58. The van der Waals surface area contributed by atoms with Gasteiger partial charge in [0.1, 0.15) is 6.10 Å². The Balaban J connectivity index is 1.62. The first kappa shape index (κ1) is 15.6. The van der Waals surface area contributed by atoms with Gasteiger partial charge in [0, 0.05) is 24.8 Å². The minimum atomic E-state index is -0.136. The van der Waals surface area contributed by atoms with Crippen molar-refractivity contribution in [3.63, 3.8) is 0 Å². The van der Waals surface area contributed by atoms with Gasteiger partial charge < -0.3 is 9.64 Å². The van der Waals surface area contributed by atoms with Gasteiger partial charge in [-0.2, -0.15) is 5.10 Å². The molecule has 0 aliphatic carbocycles. The second-order valence-electron chi connectivity index (χ2n) is 5.92. The van der Waals surface area contributed by atoms with E-state index in [9.17, 15) is 4.79 Å². The molecule has 122 valence electrons. The number of amides is 2. The Morgan fingerprint density at radius 1 is 1.30 bits per heavy atom. The van der Waals surface area contributed by atoms with Crippen molar-refractivity contribution in [2.45, 2.75) is 26.0 Å². The van der Waals surface area contributed by atoms with Crippen LogP contribution in [-0.4, -0.2) is 40.4 Å². The molecule has 3 rings (SSSR count). The first-order valence-electron chi connectivity index (χ1n) is 7.91. The number of aromatic nitrogens is 2. The second kappa shape index (κ2) is 6.83. The quantitative estimate of drug-likeness (QED) is 0.947. The highest BCUT2D eigenvalue weighted by Gasteiger charge is 2.25. The molecule has 2 amide bonds. The molecule has 0 bridgehead atoms. The molecule has 1 saturated heterocycles. The number of ether oxygens (including phenoxy) is 1. The van der Waals surface area contributed by atoms with E-state index in [1.54, 1.807) is 4.90 Å². The summed E-state index contributed by atoms with van der Waals surface area (Å²) in [7, 11) is 0. The van der Waals surface area contributed by atoms with Gasteiger partial charge in [-0.05, 0) is 19.4 Å². The van der Waals surface area contributed by atoms with Crippen LogP contribution < -0.4 is 5.32 Å². The third kappa shape index (κ3) is 3.71. The van der Waals surface area contributed by atoms with Gasteiger partial charge in [0.05, 0.1) is 13.2 Å². The summed E-state index contributed by atoms with van der Waals surface area (Å²) in [6.07, 6.45) is 1.79. The van der Waals surface area contributed by atoms with Gasteiger partial charge in [-0.25, -0.2) is 4.79 Å². The van der Waals surface area contributed by atoms with Gasteiger partial charge in [-0.15, -0.1) is 0 Å². The van der Waals surface area contributed by atoms with Crippen molar-refractivity contribution >= 4 is 11.8 Å². The van der Waals surface area contributed by atoms with E-state index in [2.05, 4.69) is 10.4 Å². The summed E-state index contributed by atoms with van der Waals surface area (Å²) in [5.74, 6) is 0.575. The molecule has 1 aromatic carbocycles. The van der Waals surface area contributed by atoms with Gasteiger partial charge in [0.25, 0.3) is 0 Å². The van der Waals surface area contributed by atoms with Gasteiger partial charge >= 0.3 is 6.03 Å². The lowest BCUT2D eigenvalue weighted by atomic mass is 10.1. The predicted octanol–water partition coefficient (Wildman–Crippen LogP) is 3.07. The number of hydrogen-bond donors (Lipinski definition) is 1. The number of anilines is 1. The summed E-state index contributed by atoms with van der Waals surface area (Å²) < 4.78 is 7.61. The van der Waals surface area contributed by atoms with E-state index < -0.39 is 0 Å². The minimum Gasteiger partial charge on any atom is -0.370 e. The zero-order valence-electron chi connectivity index (χ0n) is 13.5. The maximum absolute atomic E-state index is 12.4. The third-order valence-corrected chi connectivity index (χ3v) is 3.90. The molecule has 0 radical (unpaired) electrons. The Morgan fingerprint density at radius 3 is 2.78 bits per heavy atom. The number of morpholine rings is 1. The number of nitrogens with zero attached hydrogens (tertiary/aromatic N) is 3. The van der Waals surface area contributed by atoms with Crippen LogP contribution in [0.1, 0.15) is 31.6 Å². The summed E-state index contributed by atoms with van der Waals surface area (Å²) in [4.78, 5) is 14.2. The van der Waals surface area contributed by atoms with Crippen molar-refractivity contribution in [2.75, 3.05) is 25.0 Å². The Bertz CT molecular complexity index is 654. The summed E-state index contributed by atoms with van der Waals surface area (Å²) in [5, 5.41) is 7.21. The maximum Gasteiger partial charge on any atom is 0.323 e. The summed E-state index contributed by atoms with van der Waals surface area (Å²) >= 11 is 0. The normalized spacial score (nSPS) is 18.2. The van der Waals surface area contributed by atoms with Gasteiger partial charge in [0.15, 0.2) is 5.82 Å².